The van der Waals surface area contributed by atoms with Crippen LogP contribution in [0.4, 0.5) is 0 Å². The summed E-state index contributed by atoms with van der Waals surface area (Å²) >= 11 is 0. The first-order valence-electron chi connectivity index (χ1n) is 6.53. The van der Waals surface area contributed by atoms with Crippen molar-refractivity contribution in [2.24, 2.45) is 18.7 Å². The fraction of sp³-hybridized carbons (Fsp3) is 0.769. The van der Waals surface area contributed by atoms with Gasteiger partial charge in [0, 0.05) is 30.9 Å². The summed E-state index contributed by atoms with van der Waals surface area (Å²) in [6.07, 6.45) is 4.46. The summed E-state index contributed by atoms with van der Waals surface area (Å²) in [6.45, 7) is 7.63. The standard InChI is InChI=1S/C13H24N4/c1-10(14)12-4-6-17(7-5-12)9-13-8-15-16(3)11(13)2/h8,10,12H,4-7,9,14H2,1-3H3. The molecule has 1 aromatic heterocycles. The van der Waals surface area contributed by atoms with Crippen molar-refractivity contribution in [1.82, 2.24) is 14.7 Å². The van der Waals surface area contributed by atoms with Crippen LogP contribution < -0.4 is 5.73 Å². The Morgan fingerprint density at radius 3 is 2.59 bits per heavy atom. The highest BCUT2D eigenvalue weighted by Crippen LogP contribution is 2.21. The van der Waals surface area contributed by atoms with E-state index in [9.17, 15) is 0 Å². The topological polar surface area (TPSA) is 47.1 Å². The van der Waals surface area contributed by atoms with Crippen LogP contribution in [0.15, 0.2) is 6.20 Å². The van der Waals surface area contributed by atoms with E-state index in [1.807, 2.05) is 17.9 Å². The molecule has 0 amide bonds. The summed E-state index contributed by atoms with van der Waals surface area (Å²) in [7, 11) is 2.00. The van der Waals surface area contributed by atoms with Crippen LogP contribution in [0.5, 0.6) is 0 Å². The predicted molar refractivity (Wildman–Crippen MR) is 69.6 cm³/mol. The number of nitrogens with zero attached hydrogens (tertiary/aromatic N) is 3. The first-order chi connectivity index (χ1) is 8.08. The fourth-order valence-electron chi connectivity index (χ4n) is 2.58. The fourth-order valence-corrected chi connectivity index (χ4v) is 2.58. The van der Waals surface area contributed by atoms with E-state index in [-0.39, 0.29) is 0 Å². The van der Waals surface area contributed by atoms with Crippen molar-refractivity contribution >= 4 is 0 Å². The SMILES string of the molecule is Cc1c(CN2CCC(C(C)N)CC2)cnn1C. The van der Waals surface area contributed by atoms with E-state index in [4.69, 9.17) is 5.73 Å². The van der Waals surface area contributed by atoms with Crippen LogP contribution in [0.3, 0.4) is 0 Å². The molecule has 4 heteroatoms. The highest BCUT2D eigenvalue weighted by Gasteiger charge is 2.22. The molecule has 1 aliphatic rings. The number of nitrogens with two attached hydrogens (primary N) is 1. The van der Waals surface area contributed by atoms with Crippen LogP contribution in [0.2, 0.25) is 0 Å². The molecule has 96 valence electrons. The van der Waals surface area contributed by atoms with E-state index in [0.29, 0.717) is 12.0 Å². The van der Waals surface area contributed by atoms with E-state index in [1.54, 1.807) is 0 Å². The van der Waals surface area contributed by atoms with Gasteiger partial charge in [0.25, 0.3) is 0 Å². The van der Waals surface area contributed by atoms with Crippen LogP contribution in [0.1, 0.15) is 31.0 Å². The summed E-state index contributed by atoms with van der Waals surface area (Å²) in [4.78, 5) is 2.52. The zero-order chi connectivity index (χ0) is 12.4. The molecule has 0 saturated carbocycles. The van der Waals surface area contributed by atoms with Gasteiger partial charge in [-0.2, -0.15) is 5.10 Å². The van der Waals surface area contributed by atoms with Crippen molar-refractivity contribution in [3.8, 4) is 0 Å². The maximum absolute atomic E-state index is 5.96. The largest absolute Gasteiger partial charge is 0.328 e. The first-order valence-corrected chi connectivity index (χ1v) is 6.53. The maximum atomic E-state index is 5.96. The van der Waals surface area contributed by atoms with Gasteiger partial charge in [0.15, 0.2) is 0 Å². The lowest BCUT2D eigenvalue weighted by atomic mass is 9.91. The lowest BCUT2D eigenvalue weighted by Crippen LogP contribution is -2.39. The average molecular weight is 236 g/mol. The van der Waals surface area contributed by atoms with E-state index in [0.717, 1.165) is 6.54 Å². The van der Waals surface area contributed by atoms with Gasteiger partial charge in [0.1, 0.15) is 0 Å². The average Bonchev–Trinajstić information content (AvgIpc) is 2.62. The summed E-state index contributed by atoms with van der Waals surface area (Å²) in [5.74, 6) is 0.709. The van der Waals surface area contributed by atoms with Gasteiger partial charge in [-0.3, -0.25) is 9.58 Å². The first kappa shape index (κ1) is 12.6. The molecule has 4 nitrogen and oxygen atoms in total. The summed E-state index contributed by atoms with van der Waals surface area (Å²) in [5, 5.41) is 4.29. The van der Waals surface area contributed by atoms with E-state index >= 15 is 0 Å². The molecule has 0 bridgehead atoms. The second-order valence-corrected chi connectivity index (χ2v) is 5.35. The summed E-state index contributed by atoms with van der Waals surface area (Å²) < 4.78 is 1.95. The third kappa shape index (κ3) is 2.87. The van der Waals surface area contributed by atoms with Crippen LogP contribution in [0.25, 0.3) is 0 Å². The highest BCUT2D eigenvalue weighted by molar-refractivity contribution is 5.15. The monoisotopic (exact) mass is 236 g/mol. The van der Waals surface area contributed by atoms with Crippen molar-refractivity contribution < 1.29 is 0 Å². The zero-order valence-electron chi connectivity index (χ0n) is 11.2. The smallest absolute Gasteiger partial charge is 0.0537 e. The third-order valence-corrected chi connectivity index (χ3v) is 4.11. The Hall–Kier alpha value is -0.870. The van der Waals surface area contributed by atoms with Crippen molar-refractivity contribution in [3.63, 3.8) is 0 Å². The molecule has 17 heavy (non-hydrogen) atoms. The molecule has 0 aromatic carbocycles. The van der Waals surface area contributed by atoms with Crippen molar-refractivity contribution in [3.05, 3.63) is 17.5 Å². The second kappa shape index (κ2) is 5.19. The Morgan fingerprint density at radius 1 is 1.47 bits per heavy atom. The number of likely N-dealkylation sites (tertiary alicyclic amines) is 1. The van der Waals surface area contributed by atoms with Crippen LogP contribution >= 0.6 is 0 Å². The number of hydrogen-bond acceptors (Lipinski definition) is 3. The minimum absolute atomic E-state index is 0.345. The Labute approximate surface area is 104 Å². The molecular formula is C13H24N4. The number of hydrogen-bond donors (Lipinski definition) is 1. The Kier molecular flexibility index (Phi) is 3.84. The maximum Gasteiger partial charge on any atom is 0.0537 e. The molecule has 1 aromatic rings. The van der Waals surface area contributed by atoms with E-state index < -0.39 is 0 Å². The molecule has 0 spiro atoms. The predicted octanol–water partition coefficient (Wildman–Crippen LogP) is 1.29. The summed E-state index contributed by atoms with van der Waals surface area (Å²) in [6, 6.07) is 0.345. The number of piperidine rings is 1. The lowest BCUT2D eigenvalue weighted by Gasteiger charge is -2.33. The zero-order valence-corrected chi connectivity index (χ0v) is 11.2. The minimum atomic E-state index is 0.345. The molecule has 2 N–H and O–H groups in total. The van der Waals surface area contributed by atoms with Gasteiger partial charge in [-0.1, -0.05) is 0 Å². The summed E-state index contributed by atoms with van der Waals surface area (Å²) in [5.41, 5.74) is 8.59. The number of aromatic nitrogens is 2. The highest BCUT2D eigenvalue weighted by atomic mass is 15.3. The third-order valence-electron chi connectivity index (χ3n) is 4.11. The number of rotatable bonds is 3. The van der Waals surface area contributed by atoms with Crippen molar-refractivity contribution in [2.75, 3.05) is 13.1 Å². The molecule has 1 fully saturated rings. The molecule has 0 radical (unpaired) electrons. The quantitative estimate of drug-likeness (QED) is 0.860. The van der Waals surface area contributed by atoms with E-state index in [2.05, 4.69) is 23.8 Å². The Morgan fingerprint density at radius 2 is 2.12 bits per heavy atom. The molecule has 2 rings (SSSR count). The van der Waals surface area contributed by atoms with Crippen LogP contribution in [-0.4, -0.2) is 33.8 Å². The van der Waals surface area contributed by atoms with Crippen molar-refractivity contribution in [1.29, 1.82) is 0 Å². The normalized spacial score (nSPS) is 20.7. The lowest BCUT2D eigenvalue weighted by molar-refractivity contribution is 0.165. The molecule has 2 heterocycles. The molecular weight excluding hydrogens is 212 g/mol. The molecule has 1 atom stereocenters. The molecule has 1 saturated heterocycles. The molecule has 1 aliphatic heterocycles. The van der Waals surface area contributed by atoms with Crippen molar-refractivity contribution in [2.45, 2.75) is 39.3 Å². The van der Waals surface area contributed by atoms with Crippen LogP contribution in [0, 0.1) is 12.8 Å². The van der Waals surface area contributed by atoms with Gasteiger partial charge in [-0.05, 0) is 45.7 Å². The van der Waals surface area contributed by atoms with Gasteiger partial charge in [-0.25, -0.2) is 0 Å². The Balaban J connectivity index is 1.88. The molecule has 0 aliphatic carbocycles. The second-order valence-electron chi connectivity index (χ2n) is 5.35. The van der Waals surface area contributed by atoms with Gasteiger partial charge in [-0.15, -0.1) is 0 Å². The Bertz CT molecular complexity index is 361. The molecule has 1 unspecified atom stereocenters. The minimum Gasteiger partial charge on any atom is -0.328 e. The number of aryl methyl sites for hydroxylation is 1. The van der Waals surface area contributed by atoms with Gasteiger partial charge < -0.3 is 5.73 Å². The van der Waals surface area contributed by atoms with E-state index in [1.165, 1.54) is 37.2 Å². The van der Waals surface area contributed by atoms with Gasteiger partial charge in [0.05, 0.1) is 6.20 Å². The van der Waals surface area contributed by atoms with Gasteiger partial charge >= 0.3 is 0 Å². The van der Waals surface area contributed by atoms with Crippen LogP contribution in [-0.2, 0) is 13.6 Å². The van der Waals surface area contributed by atoms with Gasteiger partial charge in [0.2, 0.25) is 0 Å².